The molecule has 0 saturated carbocycles. The largest absolute Gasteiger partial charge is 0.467 e. The number of furan rings is 1. The highest BCUT2D eigenvalue weighted by Crippen LogP contribution is 2.12. The van der Waals surface area contributed by atoms with Crippen LogP contribution in [0.1, 0.15) is 29.2 Å². The van der Waals surface area contributed by atoms with Crippen molar-refractivity contribution in [2.24, 2.45) is 0 Å². The molecular formula is C11H12N4O2. The lowest BCUT2D eigenvalue weighted by Crippen LogP contribution is -2.27. The lowest BCUT2D eigenvalue weighted by atomic mass is 10.2. The number of rotatable bonds is 3. The minimum atomic E-state index is -0.318. The molecule has 17 heavy (non-hydrogen) atoms. The zero-order chi connectivity index (χ0) is 12.3. The molecule has 0 aliphatic rings. The van der Waals surface area contributed by atoms with Gasteiger partial charge >= 0.3 is 0 Å². The lowest BCUT2D eigenvalue weighted by molar-refractivity contribution is 0.0929. The normalized spacial score (nSPS) is 12.1. The van der Waals surface area contributed by atoms with E-state index in [4.69, 9.17) is 10.2 Å². The highest BCUT2D eigenvalue weighted by atomic mass is 16.3. The first-order chi connectivity index (χ1) is 8.16. The number of nitrogens with two attached hydrogens (primary N) is 1. The van der Waals surface area contributed by atoms with Crippen LogP contribution in [-0.4, -0.2) is 16.1 Å². The summed E-state index contributed by atoms with van der Waals surface area (Å²) < 4.78 is 5.18. The molecule has 0 aliphatic heterocycles. The molecule has 0 bridgehead atoms. The summed E-state index contributed by atoms with van der Waals surface area (Å²) in [6.45, 7) is 1.82. The Morgan fingerprint density at radius 2 is 2.24 bits per heavy atom. The molecule has 6 heteroatoms. The summed E-state index contributed by atoms with van der Waals surface area (Å²) >= 11 is 0. The summed E-state index contributed by atoms with van der Waals surface area (Å²) in [5.41, 5.74) is 5.60. The third kappa shape index (κ3) is 2.60. The van der Waals surface area contributed by atoms with Gasteiger partial charge in [-0.25, -0.2) is 0 Å². The second kappa shape index (κ2) is 4.65. The maximum Gasteiger partial charge on any atom is 0.272 e. The van der Waals surface area contributed by atoms with Gasteiger partial charge in [-0.15, -0.1) is 10.2 Å². The van der Waals surface area contributed by atoms with Crippen molar-refractivity contribution in [1.82, 2.24) is 15.5 Å². The molecular weight excluding hydrogens is 220 g/mol. The molecule has 0 radical (unpaired) electrons. The Kier molecular flexibility index (Phi) is 3.04. The molecule has 0 aromatic carbocycles. The minimum Gasteiger partial charge on any atom is -0.467 e. The Hall–Kier alpha value is -2.37. The van der Waals surface area contributed by atoms with Gasteiger partial charge in [0.25, 0.3) is 5.91 Å². The fraction of sp³-hybridized carbons (Fsp3) is 0.182. The molecule has 6 nitrogen and oxygen atoms in total. The van der Waals surface area contributed by atoms with Gasteiger partial charge in [0.1, 0.15) is 11.6 Å². The quantitative estimate of drug-likeness (QED) is 0.827. The van der Waals surface area contributed by atoms with E-state index in [0.717, 1.165) is 0 Å². The number of anilines is 1. The standard InChI is InChI=1S/C11H12N4O2/c1-7(9-3-2-6-17-9)13-11(16)8-4-5-10(12)15-14-8/h2-7H,1H3,(H2,12,15)(H,13,16). The molecule has 88 valence electrons. The van der Waals surface area contributed by atoms with Crippen molar-refractivity contribution < 1.29 is 9.21 Å². The number of nitrogens with zero attached hydrogens (tertiary/aromatic N) is 2. The van der Waals surface area contributed by atoms with Crippen LogP contribution in [0.5, 0.6) is 0 Å². The molecule has 0 spiro atoms. The predicted octanol–water partition coefficient (Wildman–Crippen LogP) is 1.14. The molecule has 0 aliphatic carbocycles. The molecule has 2 aromatic heterocycles. The third-order valence-corrected chi connectivity index (χ3v) is 2.24. The predicted molar refractivity (Wildman–Crippen MR) is 61.0 cm³/mol. The molecule has 2 heterocycles. The number of carbonyl (C=O) groups excluding carboxylic acids is 1. The van der Waals surface area contributed by atoms with Gasteiger partial charge in [-0.2, -0.15) is 0 Å². The van der Waals surface area contributed by atoms with E-state index in [1.165, 1.54) is 12.1 Å². The molecule has 3 N–H and O–H groups in total. The summed E-state index contributed by atoms with van der Waals surface area (Å²) in [7, 11) is 0. The van der Waals surface area contributed by atoms with Crippen molar-refractivity contribution in [3.63, 3.8) is 0 Å². The van der Waals surface area contributed by atoms with Gasteiger partial charge in [-0.05, 0) is 31.2 Å². The van der Waals surface area contributed by atoms with Gasteiger partial charge in [-0.3, -0.25) is 4.79 Å². The van der Waals surface area contributed by atoms with Crippen molar-refractivity contribution in [3.8, 4) is 0 Å². The molecule has 0 saturated heterocycles. The van der Waals surface area contributed by atoms with Crippen LogP contribution in [0.3, 0.4) is 0 Å². The first-order valence-electron chi connectivity index (χ1n) is 5.10. The Bertz CT molecular complexity index is 493. The molecule has 2 aromatic rings. The summed E-state index contributed by atoms with van der Waals surface area (Å²) in [5, 5.41) is 10.1. The summed E-state index contributed by atoms with van der Waals surface area (Å²) in [6, 6.07) is 6.38. The molecule has 1 amide bonds. The van der Waals surface area contributed by atoms with Crippen molar-refractivity contribution in [2.45, 2.75) is 13.0 Å². The van der Waals surface area contributed by atoms with Crippen LogP contribution in [-0.2, 0) is 0 Å². The van der Waals surface area contributed by atoms with E-state index in [1.54, 1.807) is 18.4 Å². The van der Waals surface area contributed by atoms with Gasteiger partial charge in [-0.1, -0.05) is 0 Å². The van der Waals surface area contributed by atoms with Crippen molar-refractivity contribution in [2.75, 3.05) is 5.73 Å². The first-order valence-corrected chi connectivity index (χ1v) is 5.10. The van der Waals surface area contributed by atoms with Crippen LogP contribution in [0.4, 0.5) is 5.82 Å². The highest BCUT2D eigenvalue weighted by molar-refractivity contribution is 5.92. The van der Waals surface area contributed by atoms with E-state index in [9.17, 15) is 4.79 Å². The van der Waals surface area contributed by atoms with Gasteiger partial charge in [0.15, 0.2) is 5.69 Å². The fourth-order valence-electron chi connectivity index (χ4n) is 1.34. The molecule has 1 atom stereocenters. The maximum atomic E-state index is 11.8. The van der Waals surface area contributed by atoms with E-state index in [2.05, 4.69) is 15.5 Å². The van der Waals surface area contributed by atoms with Gasteiger partial charge in [0.05, 0.1) is 12.3 Å². The Morgan fingerprint density at radius 3 is 2.82 bits per heavy atom. The zero-order valence-electron chi connectivity index (χ0n) is 9.25. The van der Waals surface area contributed by atoms with E-state index in [-0.39, 0.29) is 23.5 Å². The van der Waals surface area contributed by atoms with Crippen molar-refractivity contribution in [1.29, 1.82) is 0 Å². The van der Waals surface area contributed by atoms with Crippen LogP contribution in [0, 0.1) is 0 Å². The summed E-state index contributed by atoms with van der Waals surface area (Å²) in [5.74, 6) is 0.642. The number of carbonyl (C=O) groups is 1. The SMILES string of the molecule is CC(NC(=O)c1ccc(N)nn1)c1ccco1. The average molecular weight is 232 g/mol. The Labute approximate surface area is 97.8 Å². The Balaban J connectivity index is 2.04. The fourth-order valence-corrected chi connectivity index (χ4v) is 1.34. The van der Waals surface area contributed by atoms with Crippen LogP contribution in [0.15, 0.2) is 34.9 Å². The summed E-state index contributed by atoms with van der Waals surface area (Å²) in [6.07, 6.45) is 1.56. The van der Waals surface area contributed by atoms with Crippen LogP contribution >= 0.6 is 0 Å². The van der Waals surface area contributed by atoms with Crippen LogP contribution in [0.25, 0.3) is 0 Å². The van der Waals surface area contributed by atoms with Crippen molar-refractivity contribution in [3.05, 3.63) is 42.0 Å². The smallest absolute Gasteiger partial charge is 0.272 e. The van der Waals surface area contributed by atoms with Gasteiger partial charge in [0.2, 0.25) is 0 Å². The topological polar surface area (TPSA) is 94.0 Å². The second-order valence-electron chi connectivity index (χ2n) is 3.55. The number of aromatic nitrogens is 2. The second-order valence-corrected chi connectivity index (χ2v) is 3.55. The number of nitrogens with one attached hydrogen (secondary N) is 1. The van der Waals surface area contributed by atoms with Crippen LogP contribution < -0.4 is 11.1 Å². The van der Waals surface area contributed by atoms with Gasteiger partial charge in [0, 0.05) is 0 Å². The number of hydrogen-bond donors (Lipinski definition) is 2. The average Bonchev–Trinajstić information content (AvgIpc) is 2.83. The van der Waals surface area contributed by atoms with E-state index < -0.39 is 0 Å². The zero-order valence-corrected chi connectivity index (χ0v) is 9.25. The monoisotopic (exact) mass is 232 g/mol. The van der Waals surface area contributed by atoms with Crippen LogP contribution in [0.2, 0.25) is 0 Å². The number of amides is 1. The molecule has 2 rings (SSSR count). The lowest BCUT2D eigenvalue weighted by Gasteiger charge is -2.10. The van der Waals surface area contributed by atoms with E-state index in [0.29, 0.717) is 5.76 Å². The van der Waals surface area contributed by atoms with E-state index in [1.807, 2.05) is 6.92 Å². The van der Waals surface area contributed by atoms with E-state index >= 15 is 0 Å². The summed E-state index contributed by atoms with van der Waals surface area (Å²) in [4.78, 5) is 11.8. The molecule has 0 fully saturated rings. The first kappa shape index (κ1) is 11.1. The van der Waals surface area contributed by atoms with Crippen molar-refractivity contribution >= 4 is 11.7 Å². The molecule has 1 unspecified atom stereocenters. The maximum absolute atomic E-state index is 11.8. The number of nitrogen functional groups attached to an aromatic ring is 1. The third-order valence-electron chi connectivity index (χ3n) is 2.24. The number of hydrogen-bond acceptors (Lipinski definition) is 5. The minimum absolute atomic E-state index is 0.220. The highest BCUT2D eigenvalue weighted by Gasteiger charge is 2.14. The Morgan fingerprint density at radius 1 is 1.41 bits per heavy atom. The van der Waals surface area contributed by atoms with Gasteiger partial charge < -0.3 is 15.5 Å².